The van der Waals surface area contributed by atoms with Crippen LogP contribution in [0, 0.1) is 11.3 Å². The van der Waals surface area contributed by atoms with Gasteiger partial charge in [-0.25, -0.2) is 4.79 Å². The predicted molar refractivity (Wildman–Crippen MR) is 281 cm³/mol. The Bertz CT molecular complexity index is 2100. The van der Waals surface area contributed by atoms with Gasteiger partial charge in [0.15, 0.2) is 0 Å². The van der Waals surface area contributed by atoms with Gasteiger partial charge in [0.25, 0.3) is 5.91 Å². The minimum Gasteiger partial charge on any atom is -0.543 e. The molecular weight excluding hydrogens is 1010 g/mol. The summed E-state index contributed by atoms with van der Waals surface area (Å²) in [5.74, 6) is -1.19. The van der Waals surface area contributed by atoms with E-state index in [2.05, 4.69) is 83.7 Å². The average molecular weight is 1090 g/mol. The Balaban J connectivity index is 0. The molecule has 2 aromatic rings. The highest BCUT2D eigenvalue weighted by Gasteiger charge is 2.43. The summed E-state index contributed by atoms with van der Waals surface area (Å²) >= 11 is 3.44. The van der Waals surface area contributed by atoms with Crippen molar-refractivity contribution < 1.29 is 51.8 Å². The topological polar surface area (TPSA) is 254 Å². The zero-order valence-electron chi connectivity index (χ0n) is 44.3. The molecule has 3 amide bonds. The molecule has 69 heavy (non-hydrogen) atoms. The van der Waals surface area contributed by atoms with Gasteiger partial charge in [-0.15, -0.1) is 12.4 Å². The second-order valence-corrected chi connectivity index (χ2v) is 31.3. The standard InChI is InChI=1S/C23H36N2O5Si.C15H23BrO3Si.C9H18N2O3.C2H3N.ClH/c1-22(2,3)29-19(26)13-12-17(20(24)27)25-14-16-15(21(25)28)10-9-11-18(16)30-31(7,8)23(4,5)6;1-15(2,3)20(5,6)19-13-9-7-8-11(12(13)10-16)14(17)18-4;1-9(2,3)14-7(12)5-4-6(10)8(11)13;1-2-3;/h9-11,17H,12-14H2,1-8H3,(H2,24,27);7-9H,10H2,1-6H3;6H,4-5,10H2,1-3H3,(H2,11,13);1H3;1H/t17-;;6-;;/m0.0../s1. The third-order valence-corrected chi connectivity index (χ3v) is 20.4. The third kappa shape index (κ3) is 22.4. The maximum atomic E-state index is 13.1. The van der Waals surface area contributed by atoms with Gasteiger partial charge < -0.3 is 45.2 Å². The largest absolute Gasteiger partial charge is 0.543 e. The smallest absolute Gasteiger partial charge is 0.338 e. The molecule has 0 unspecified atom stereocenters. The molecule has 0 saturated heterocycles. The number of esters is 3. The van der Waals surface area contributed by atoms with Crippen LogP contribution in [0.4, 0.5) is 0 Å². The molecule has 1 aliphatic rings. The van der Waals surface area contributed by atoms with E-state index in [0.29, 0.717) is 22.2 Å². The molecule has 20 heteroatoms. The third-order valence-electron chi connectivity index (χ3n) is 11.2. The highest BCUT2D eigenvalue weighted by molar-refractivity contribution is 9.08. The first kappa shape index (κ1) is 66.6. The molecule has 0 saturated carbocycles. The Morgan fingerprint density at radius 2 is 1.17 bits per heavy atom. The predicted octanol–water partition coefficient (Wildman–Crippen LogP) is 9.63. The van der Waals surface area contributed by atoms with Crippen LogP contribution in [-0.2, 0) is 45.3 Å². The molecule has 0 aromatic heterocycles. The molecule has 0 bridgehead atoms. The summed E-state index contributed by atoms with van der Waals surface area (Å²) in [5, 5.41) is 7.99. The Kier molecular flexibility index (Phi) is 26.8. The Morgan fingerprint density at radius 1 is 0.754 bits per heavy atom. The van der Waals surface area contributed by atoms with Crippen LogP contribution in [-0.4, -0.2) is 87.6 Å². The van der Waals surface area contributed by atoms with E-state index in [-0.39, 0.29) is 72.6 Å². The fourth-order valence-electron chi connectivity index (χ4n) is 5.54. The van der Waals surface area contributed by atoms with Crippen LogP contribution in [0.15, 0.2) is 36.4 Å². The van der Waals surface area contributed by atoms with Gasteiger partial charge in [0.05, 0.1) is 31.3 Å². The Morgan fingerprint density at radius 3 is 1.57 bits per heavy atom. The van der Waals surface area contributed by atoms with Crippen molar-refractivity contribution in [1.82, 2.24) is 4.90 Å². The van der Waals surface area contributed by atoms with Gasteiger partial charge in [-0.3, -0.25) is 24.0 Å². The van der Waals surface area contributed by atoms with Crippen LogP contribution in [0.3, 0.4) is 0 Å². The van der Waals surface area contributed by atoms with E-state index in [1.165, 1.54) is 18.9 Å². The summed E-state index contributed by atoms with van der Waals surface area (Å²) in [4.78, 5) is 72.3. The van der Waals surface area contributed by atoms with Gasteiger partial charge in [-0.1, -0.05) is 69.6 Å². The van der Waals surface area contributed by atoms with E-state index in [1.54, 1.807) is 65.8 Å². The number of amides is 3. The number of hydrogen-bond acceptors (Lipinski definition) is 13. The zero-order chi connectivity index (χ0) is 53.4. The van der Waals surface area contributed by atoms with Gasteiger partial charge in [-0.2, -0.15) is 5.26 Å². The molecule has 3 rings (SSSR count). The van der Waals surface area contributed by atoms with Crippen LogP contribution in [0.5, 0.6) is 11.5 Å². The minimum atomic E-state index is -2.12. The molecule has 6 N–H and O–H groups in total. The first-order valence-corrected chi connectivity index (χ1v) is 29.4. The van der Waals surface area contributed by atoms with Crippen molar-refractivity contribution in [1.29, 1.82) is 5.26 Å². The summed E-state index contributed by atoms with van der Waals surface area (Å²) in [7, 11) is -2.66. The SMILES string of the molecule is CC#N.CC(C)(C)OC(=O)CC[C@@H](C(N)=O)N1Cc2c(O[Si](C)(C)C(C)(C)C)cccc2C1=O.CC(C)(C)OC(=O)CC[C@H](N)C(N)=O.COC(=O)c1cccc(O[Si](C)(C)C(C)(C)C)c1CBr.Cl. The lowest BCUT2D eigenvalue weighted by Crippen LogP contribution is -2.45. The average Bonchev–Trinajstić information content (AvgIpc) is 3.51. The molecule has 16 nitrogen and oxygen atoms in total. The quantitative estimate of drug-likeness (QED) is 0.0651. The van der Waals surface area contributed by atoms with E-state index >= 15 is 0 Å². The summed E-state index contributed by atoms with van der Waals surface area (Å²) in [6, 6.07) is 11.0. The number of benzene rings is 2. The molecule has 0 radical (unpaired) electrons. The molecular formula is C49H81BrClN5O11Si2. The van der Waals surface area contributed by atoms with Crippen LogP contribution >= 0.6 is 28.3 Å². The lowest BCUT2D eigenvalue weighted by Gasteiger charge is -2.37. The maximum Gasteiger partial charge on any atom is 0.338 e. The van der Waals surface area contributed by atoms with Crippen molar-refractivity contribution in [3.63, 3.8) is 0 Å². The van der Waals surface area contributed by atoms with E-state index in [1.807, 2.05) is 18.2 Å². The van der Waals surface area contributed by atoms with Gasteiger partial charge in [0, 0.05) is 41.8 Å². The van der Waals surface area contributed by atoms with Crippen molar-refractivity contribution in [2.45, 2.75) is 187 Å². The highest BCUT2D eigenvalue weighted by atomic mass is 79.9. The minimum absolute atomic E-state index is 0. The molecule has 0 aliphatic carbocycles. The van der Waals surface area contributed by atoms with Gasteiger partial charge in [0.1, 0.15) is 28.7 Å². The van der Waals surface area contributed by atoms with Crippen LogP contribution < -0.4 is 26.1 Å². The number of nitrogens with zero attached hydrogens (tertiary/aromatic N) is 2. The van der Waals surface area contributed by atoms with E-state index in [4.69, 9.17) is 45.5 Å². The Labute approximate surface area is 428 Å². The lowest BCUT2D eigenvalue weighted by molar-refractivity contribution is -0.156. The number of primary amides is 2. The number of fused-ring (bicyclic) bond motifs is 1. The number of nitriles is 1. The van der Waals surface area contributed by atoms with Gasteiger partial charge in [0.2, 0.25) is 28.4 Å². The number of rotatable bonds is 15. The molecule has 1 heterocycles. The number of nitrogens with two attached hydrogens (primary N) is 3. The highest BCUT2D eigenvalue weighted by Crippen LogP contribution is 2.41. The number of methoxy groups -OCH3 is 1. The number of carbonyl (C=O) groups is 6. The lowest BCUT2D eigenvalue weighted by atomic mass is 10.1. The van der Waals surface area contributed by atoms with Crippen molar-refractivity contribution in [2.75, 3.05) is 7.11 Å². The molecule has 390 valence electrons. The molecule has 1 aliphatic heterocycles. The van der Waals surface area contributed by atoms with Gasteiger partial charge in [-0.05, 0) is 115 Å². The molecule has 0 spiro atoms. The van der Waals surface area contributed by atoms with Crippen molar-refractivity contribution in [3.05, 3.63) is 58.7 Å². The number of halogens is 2. The molecule has 2 aromatic carbocycles. The normalized spacial score (nSPS) is 13.3. The first-order valence-electron chi connectivity index (χ1n) is 22.5. The zero-order valence-corrected chi connectivity index (χ0v) is 48.7. The number of ether oxygens (including phenoxy) is 3. The summed E-state index contributed by atoms with van der Waals surface area (Å²) in [5.41, 5.74) is 17.5. The monoisotopic (exact) mass is 1090 g/mol. The second-order valence-electron chi connectivity index (χ2n) is 21.2. The van der Waals surface area contributed by atoms with Crippen LogP contribution in [0.25, 0.3) is 0 Å². The number of hydrogen-bond donors (Lipinski definition) is 3. The van der Waals surface area contributed by atoms with E-state index < -0.39 is 57.7 Å². The van der Waals surface area contributed by atoms with Crippen molar-refractivity contribution in [3.8, 4) is 17.6 Å². The Hall–Kier alpha value is -4.49. The first-order chi connectivity index (χ1) is 30.8. The van der Waals surface area contributed by atoms with Crippen LogP contribution in [0.2, 0.25) is 36.3 Å². The molecule has 2 atom stereocenters. The van der Waals surface area contributed by atoms with Crippen molar-refractivity contribution in [2.24, 2.45) is 17.2 Å². The fraction of sp³-hybridized carbons (Fsp3) is 0.612. The molecule has 0 fully saturated rings. The van der Waals surface area contributed by atoms with Crippen molar-refractivity contribution >= 4 is 80.6 Å². The van der Waals surface area contributed by atoms with E-state index in [9.17, 15) is 28.8 Å². The van der Waals surface area contributed by atoms with E-state index in [0.717, 1.165) is 16.9 Å². The number of alkyl halides is 1. The van der Waals surface area contributed by atoms with Crippen LogP contribution in [0.1, 0.15) is 148 Å². The maximum absolute atomic E-state index is 13.1. The fourth-order valence-corrected chi connectivity index (χ4v) is 8.21. The summed E-state index contributed by atoms with van der Waals surface area (Å²) in [6.45, 7) is 34.0. The van der Waals surface area contributed by atoms with Gasteiger partial charge >= 0.3 is 17.9 Å². The number of carbonyl (C=O) groups excluding carboxylic acids is 6. The second kappa shape index (κ2) is 27.8. The summed E-state index contributed by atoms with van der Waals surface area (Å²) < 4.78 is 28.0. The summed E-state index contributed by atoms with van der Waals surface area (Å²) in [6.07, 6.45) is 0.451.